The van der Waals surface area contributed by atoms with Crippen LogP contribution >= 0.6 is 0 Å². The number of aliphatic carboxylic acids is 1. The molecule has 6 saturated carbocycles. The molecule has 1 aliphatic heterocycles. The van der Waals surface area contributed by atoms with Crippen molar-refractivity contribution in [1.29, 1.82) is 0 Å². The first-order chi connectivity index (χ1) is 25.3. The number of carboxylic acids is 1. The molecule has 0 radical (unpaired) electrons. The highest BCUT2D eigenvalue weighted by molar-refractivity contribution is 5.84. The molecule has 2 N–H and O–H groups in total. The zero-order valence-electron chi connectivity index (χ0n) is 35.2. The summed E-state index contributed by atoms with van der Waals surface area (Å²) in [4.78, 5) is 42.3. The molecule has 0 aromatic rings. The molecule has 54 heavy (non-hydrogen) atoms. The lowest BCUT2D eigenvalue weighted by atomic mass is 9.32. The topological polar surface area (TPSA) is 105 Å². The number of ether oxygens (including phenoxy) is 2. The van der Waals surface area contributed by atoms with Gasteiger partial charge in [0.1, 0.15) is 6.10 Å². The second-order valence-electron chi connectivity index (χ2n) is 21.8. The number of carbonyl (C=O) groups is 3. The van der Waals surface area contributed by atoms with Crippen LogP contribution < -0.4 is 5.32 Å². The Labute approximate surface area is 326 Å². The van der Waals surface area contributed by atoms with Crippen LogP contribution in [0.5, 0.6) is 0 Å². The van der Waals surface area contributed by atoms with E-state index in [9.17, 15) is 19.5 Å². The summed E-state index contributed by atoms with van der Waals surface area (Å²) in [5.74, 6) is 1.90. The molecule has 8 nitrogen and oxygen atoms in total. The highest BCUT2D eigenvalue weighted by Gasteiger charge is 2.72. The Morgan fingerprint density at radius 3 is 2.28 bits per heavy atom. The van der Waals surface area contributed by atoms with E-state index < -0.39 is 17.4 Å². The SMILES string of the molecule is C=C(C)[C@@H]1CC[C@]2(C(=O)N[C@@H]3CC[C@H](CN4CCOCC4)C3)CC[C@]3(C)[C@H](CC[C@@H]4[C@@]5(C)CC[C@H](OC(=O)CC(C)(C)C(=O)O)C(C)(C)[C@@H]5CC[C@]43C)[C@@H]12. The standard InChI is InChI=1S/C46H74N2O6/c1-29(2)32-14-19-46(39(50)47-31-11-10-30(26-31)28-48-22-24-53-25-23-48)21-20-44(8)33(38(32)46)12-13-35-43(7)17-16-36(54-37(49)27-41(3,4)40(51)52)42(5,6)34(43)15-18-45(35,44)9/h30-36,38H,1,10-28H2,2-9H3,(H,47,50)(H,51,52)/t30-,31+,32-,33+,34-,35+,36-,38+,43-,44+,45+,46-/m0/s1. The lowest BCUT2D eigenvalue weighted by molar-refractivity contribution is -0.249. The fraction of sp³-hybridized carbons (Fsp3) is 0.891. The van der Waals surface area contributed by atoms with Crippen LogP contribution in [0.1, 0.15) is 145 Å². The molecule has 6 aliphatic carbocycles. The number of nitrogens with one attached hydrogen (secondary N) is 1. The molecule has 1 saturated heterocycles. The van der Waals surface area contributed by atoms with Gasteiger partial charge in [-0.15, -0.1) is 0 Å². The molecule has 12 atom stereocenters. The number of esters is 1. The van der Waals surface area contributed by atoms with E-state index in [0.717, 1.165) is 97.1 Å². The molecule has 8 heteroatoms. The second-order valence-corrected chi connectivity index (χ2v) is 21.8. The van der Waals surface area contributed by atoms with Gasteiger partial charge in [0.15, 0.2) is 0 Å². The van der Waals surface area contributed by atoms with Crippen LogP contribution in [0.15, 0.2) is 12.2 Å². The van der Waals surface area contributed by atoms with Gasteiger partial charge in [-0.1, -0.05) is 46.8 Å². The molecule has 1 amide bonds. The van der Waals surface area contributed by atoms with E-state index in [0.29, 0.717) is 47.5 Å². The molecule has 0 unspecified atom stereocenters. The van der Waals surface area contributed by atoms with Crippen LogP contribution in [0.25, 0.3) is 0 Å². The van der Waals surface area contributed by atoms with Crippen molar-refractivity contribution in [3.8, 4) is 0 Å². The second kappa shape index (κ2) is 14.2. The van der Waals surface area contributed by atoms with Gasteiger partial charge in [-0.25, -0.2) is 0 Å². The largest absolute Gasteiger partial charge is 0.481 e. The van der Waals surface area contributed by atoms with Crippen LogP contribution in [0.4, 0.5) is 0 Å². The lowest BCUT2D eigenvalue weighted by Crippen LogP contribution is -2.67. The van der Waals surface area contributed by atoms with Gasteiger partial charge in [0, 0.05) is 31.1 Å². The molecule has 7 fully saturated rings. The van der Waals surface area contributed by atoms with Crippen LogP contribution in [0, 0.1) is 68.0 Å². The molecule has 304 valence electrons. The van der Waals surface area contributed by atoms with Crippen molar-refractivity contribution in [3.05, 3.63) is 12.2 Å². The summed E-state index contributed by atoms with van der Waals surface area (Å²) in [5.41, 5.74) is 0.0669. The zero-order valence-corrected chi connectivity index (χ0v) is 35.2. The average molecular weight is 751 g/mol. The molecular formula is C46H74N2O6. The first-order valence-corrected chi connectivity index (χ1v) is 22.0. The van der Waals surface area contributed by atoms with Crippen molar-refractivity contribution < 1.29 is 29.0 Å². The quantitative estimate of drug-likeness (QED) is 0.180. The first-order valence-electron chi connectivity index (χ1n) is 22.0. The van der Waals surface area contributed by atoms with Gasteiger partial charge in [-0.2, -0.15) is 0 Å². The first kappa shape index (κ1) is 40.3. The van der Waals surface area contributed by atoms with Gasteiger partial charge >= 0.3 is 11.9 Å². The summed E-state index contributed by atoms with van der Waals surface area (Å²) in [7, 11) is 0. The fourth-order valence-electron chi connectivity index (χ4n) is 15.2. The number of allylic oxidation sites excluding steroid dienone is 1. The molecule has 0 spiro atoms. The van der Waals surface area contributed by atoms with E-state index in [2.05, 4.69) is 58.3 Å². The molecular weight excluding hydrogens is 677 g/mol. The smallest absolute Gasteiger partial charge is 0.309 e. The predicted octanol–water partition coefficient (Wildman–Crippen LogP) is 8.67. The van der Waals surface area contributed by atoms with Gasteiger partial charge in [-0.3, -0.25) is 19.3 Å². The maximum absolute atomic E-state index is 14.9. The van der Waals surface area contributed by atoms with Crippen LogP contribution in [0.3, 0.4) is 0 Å². The van der Waals surface area contributed by atoms with E-state index >= 15 is 0 Å². The normalized spacial score (nSPS) is 44.6. The Hall–Kier alpha value is -1.93. The van der Waals surface area contributed by atoms with Crippen molar-refractivity contribution in [3.63, 3.8) is 0 Å². The summed E-state index contributed by atoms with van der Waals surface area (Å²) in [5, 5.41) is 13.4. The molecule has 7 rings (SSSR count). The minimum Gasteiger partial charge on any atom is -0.481 e. The monoisotopic (exact) mass is 751 g/mol. The molecule has 0 aromatic heterocycles. The third-order valence-corrected chi connectivity index (χ3v) is 18.4. The molecule has 0 bridgehead atoms. The molecule has 1 heterocycles. The third kappa shape index (κ3) is 6.42. The summed E-state index contributed by atoms with van der Waals surface area (Å²) in [6, 6.07) is 0.292. The van der Waals surface area contributed by atoms with Crippen LogP contribution in [-0.2, 0) is 23.9 Å². The highest BCUT2D eigenvalue weighted by Crippen LogP contribution is 2.77. The Kier molecular flexibility index (Phi) is 10.6. The zero-order chi connectivity index (χ0) is 39.1. The Morgan fingerprint density at radius 1 is 0.870 bits per heavy atom. The van der Waals surface area contributed by atoms with E-state index in [1.54, 1.807) is 13.8 Å². The van der Waals surface area contributed by atoms with Gasteiger partial charge in [0.25, 0.3) is 0 Å². The number of carbonyl (C=O) groups excluding carboxylic acids is 2. The predicted molar refractivity (Wildman–Crippen MR) is 211 cm³/mol. The molecule has 0 aromatic carbocycles. The number of hydrogen-bond acceptors (Lipinski definition) is 6. The van der Waals surface area contributed by atoms with E-state index in [4.69, 9.17) is 9.47 Å². The minimum atomic E-state index is -1.14. The Bertz CT molecular complexity index is 1480. The third-order valence-electron chi connectivity index (χ3n) is 18.4. The van der Waals surface area contributed by atoms with Gasteiger partial charge in [-0.05, 0) is 156 Å². The number of fused-ring (bicyclic) bond motifs is 7. The van der Waals surface area contributed by atoms with E-state index in [-0.39, 0.29) is 39.6 Å². The van der Waals surface area contributed by atoms with Gasteiger partial charge in [0.2, 0.25) is 5.91 Å². The molecule has 7 aliphatic rings. The summed E-state index contributed by atoms with van der Waals surface area (Å²) in [6.07, 6.45) is 13.8. The van der Waals surface area contributed by atoms with Crippen LogP contribution in [0.2, 0.25) is 0 Å². The van der Waals surface area contributed by atoms with Crippen molar-refractivity contribution in [1.82, 2.24) is 10.2 Å². The van der Waals surface area contributed by atoms with Crippen molar-refractivity contribution >= 4 is 17.8 Å². The van der Waals surface area contributed by atoms with Crippen molar-refractivity contribution in [2.75, 3.05) is 32.8 Å². The Balaban J connectivity index is 1.08. The van der Waals surface area contributed by atoms with Crippen LogP contribution in [-0.4, -0.2) is 72.8 Å². The maximum Gasteiger partial charge on any atom is 0.309 e. The summed E-state index contributed by atoms with van der Waals surface area (Å²) in [6.45, 7) is 27.3. The number of hydrogen-bond donors (Lipinski definition) is 2. The summed E-state index contributed by atoms with van der Waals surface area (Å²) >= 11 is 0. The van der Waals surface area contributed by atoms with E-state index in [1.807, 2.05) is 0 Å². The van der Waals surface area contributed by atoms with Crippen molar-refractivity contribution in [2.45, 2.75) is 157 Å². The highest BCUT2D eigenvalue weighted by atomic mass is 16.5. The van der Waals surface area contributed by atoms with E-state index in [1.165, 1.54) is 24.8 Å². The van der Waals surface area contributed by atoms with Crippen molar-refractivity contribution in [2.24, 2.45) is 68.0 Å². The van der Waals surface area contributed by atoms with Gasteiger partial charge < -0.3 is 19.9 Å². The fourth-order valence-corrected chi connectivity index (χ4v) is 15.2. The van der Waals surface area contributed by atoms with Gasteiger partial charge in [0.05, 0.1) is 30.5 Å². The minimum absolute atomic E-state index is 0.112. The average Bonchev–Trinajstić information content (AvgIpc) is 3.71. The maximum atomic E-state index is 14.9. The summed E-state index contributed by atoms with van der Waals surface area (Å²) < 4.78 is 11.8. The number of morpholine rings is 1. The number of nitrogens with zero attached hydrogens (tertiary/aromatic N) is 1. The lowest BCUT2D eigenvalue weighted by Gasteiger charge is -2.72. The number of rotatable bonds is 9. The number of amides is 1. The number of carboxylic acid groups (broad SMARTS) is 1. The Morgan fingerprint density at radius 2 is 1.59 bits per heavy atom.